The first-order valence-corrected chi connectivity index (χ1v) is 21.7. The molecule has 0 aliphatic carbocycles. The molecule has 59 heavy (non-hydrogen) atoms. The summed E-state index contributed by atoms with van der Waals surface area (Å²) in [4.78, 5) is 2.51. The number of anilines is 3. The van der Waals surface area contributed by atoms with Gasteiger partial charge in [-0.05, 0) is 103 Å². The molecule has 0 saturated carbocycles. The number of rotatable bonds is 6. The van der Waals surface area contributed by atoms with Gasteiger partial charge in [0.15, 0.2) is 0 Å². The van der Waals surface area contributed by atoms with Crippen molar-refractivity contribution in [1.29, 1.82) is 0 Å². The van der Waals surface area contributed by atoms with Gasteiger partial charge in [0.05, 0.1) is 5.69 Å². The van der Waals surface area contributed by atoms with Crippen LogP contribution in [0.4, 0.5) is 17.1 Å². The van der Waals surface area contributed by atoms with Crippen molar-refractivity contribution >= 4 is 102 Å². The summed E-state index contributed by atoms with van der Waals surface area (Å²) in [5.74, 6) is 0. The van der Waals surface area contributed by atoms with E-state index in [1.54, 1.807) is 0 Å². The molecule has 0 atom stereocenters. The molecule has 2 aromatic heterocycles. The molecule has 1 nitrogen and oxygen atoms in total. The predicted molar refractivity (Wildman–Crippen MR) is 258 cm³/mol. The molecule has 10 aromatic carbocycles. The van der Waals surface area contributed by atoms with E-state index in [-0.39, 0.29) is 0 Å². The molecule has 3 heteroatoms. The summed E-state index contributed by atoms with van der Waals surface area (Å²) in [7, 11) is 0. The average molecular weight is 786 g/mol. The molecule has 0 aliphatic rings. The first-order valence-electron chi connectivity index (χ1n) is 20.1. The van der Waals surface area contributed by atoms with Crippen LogP contribution in [0.5, 0.6) is 0 Å². The lowest BCUT2D eigenvalue weighted by atomic mass is 9.98. The highest BCUT2D eigenvalue weighted by molar-refractivity contribution is 7.26. The van der Waals surface area contributed by atoms with Crippen LogP contribution in [0, 0.1) is 0 Å². The second kappa shape index (κ2) is 13.8. The maximum absolute atomic E-state index is 2.51. The second-order valence-corrected chi connectivity index (χ2v) is 17.4. The molecule has 0 spiro atoms. The van der Waals surface area contributed by atoms with E-state index in [1.807, 2.05) is 22.7 Å². The zero-order valence-corrected chi connectivity index (χ0v) is 33.6. The number of hydrogen-bond donors (Lipinski definition) is 0. The molecular weight excluding hydrogens is 751 g/mol. The normalized spacial score (nSPS) is 11.7. The van der Waals surface area contributed by atoms with Gasteiger partial charge in [-0.3, -0.25) is 0 Å². The molecule has 2 heterocycles. The topological polar surface area (TPSA) is 3.24 Å². The maximum atomic E-state index is 2.51. The van der Waals surface area contributed by atoms with Crippen LogP contribution in [0.1, 0.15) is 0 Å². The molecule has 0 radical (unpaired) electrons. The Morgan fingerprint density at radius 1 is 0.305 bits per heavy atom. The predicted octanol–water partition coefficient (Wildman–Crippen LogP) is 17.2. The molecule has 0 bridgehead atoms. The Hall–Kier alpha value is -7.04. The summed E-state index contributed by atoms with van der Waals surface area (Å²) in [5, 5.41) is 10.1. The second-order valence-electron chi connectivity index (χ2n) is 15.3. The fourth-order valence-electron chi connectivity index (χ4n) is 8.97. The van der Waals surface area contributed by atoms with Crippen molar-refractivity contribution in [2.24, 2.45) is 0 Å². The highest BCUT2D eigenvalue weighted by Gasteiger charge is 2.23. The van der Waals surface area contributed by atoms with Gasteiger partial charge in [0.25, 0.3) is 0 Å². The van der Waals surface area contributed by atoms with Gasteiger partial charge in [-0.2, -0.15) is 0 Å². The van der Waals surface area contributed by atoms with Gasteiger partial charge in [-0.25, -0.2) is 0 Å². The Bertz CT molecular complexity index is 3550. The van der Waals surface area contributed by atoms with Crippen molar-refractivity contribution in [2.45, 2.75) is 0 Å². The summed E-state index contributed by atoms with van der Waals surface area (Å²) < 4.78 is 5.16. The third-order valence-electron chi connectivity index (χ3n) is 11.8. The van der Waals surface area contributed by atoms with Crippen molar-refractivity contribution in [1.82, 2.24) is 0 Å². The fourth-order valence-corrected chi connectivity index (χ4v) is 11.4. The van der Waals surface area contributed by atoms with E-state index >= 15 is 0 Å². The van der Waals surface area contributed by atoms with Crippen LogP contribution in [0.3, 0.4) is 0 Å². The minimum atomic E-state index is 1.13. The zero-order valence-electron chi connectivity index (χ0n) is 32.0. The van der Waals surface area contributed by atoms with E-state index in [9.17, 15) is 0 Å². The van der Waals surface area contributed by atoms with Crippen LogP contribution in [0.25, 0.3) is 95.3 Å². The van der Waals surface area contributed by atoms with E-state index in [1.165, 1.54) is 101 Å². The third kappa shape index (κ3) is 5.73. The summed E-state index contributed by atoms with van der Waals surface area (Å²) in [5.41, 5.74) is 10.9. The summed E-state index contributed by atoms with van der Waals surface area (Å²) >= 11 is 3.77. The average Bonchev–Trinajstić information content (AvgIpc) is 3.88. The van der Waals surface area contributed by atoms with E-state index < -0.39 is 0 Å². The summed E-state index contributed by atoms with van der Waals surface area (Å²) in [6.45, 7) is 0. The Morgan fingerprint density at radius 3 is 1.58 bits per heavy atom. The monoisotopic (exact) mass is 785 g/mol. The van der Waals surface area contributed by atoms with Crippen LogP contribution >= 0.6 is 22.7 Å². The molecule has 12 rings (SSSR count). The van der Waals surface area contributed by atoms with Crippen molar-refractivity contribution in [3.63, 3.8) is 0 Å². The highest BCUT2D eigenvalue weighted by Crippen LogP contribution is 2.50. The van der Waals surface area contributed by atoms with E-state index in [4.69, 9.17) is 0 Å². The van der Waals surface area contributed by atoms with Crippen LogP contribution in [-0.2, 0) is 0 Å². The zero-order chi connectivity index (χ0) is 38.9. The number of fused-ring (bicyclic) bond motifs is 9. The highest BCUT2D eigenvalue weighted by atomic mass is 32.1. The van der Waals surface area contributed by atoms with Crippen LogP contribution in [0.2, 0.25) is 0 Å². The molecule has 276 valence electrons. The molecule has 0 amide bonds. The molecular formula is C56H35NS2. The van der Waals surface area contributed by atoms with E-state index in [0.29, 0.717) is 0 Å². The first-order chi connectivity index (χ1) is 29.2. The summed E-state index contributed by atoms with van der Waals surface area (Å²) in [6.07, 6.45) is 0. The molecule has 0 saturated heterocycles. The Labute approximate surface area is 350 Å². The van der Waals surface area contributed by atoms with Crippen LogP contribution < -0.4 is 4.90 Å². The molecule has 12 aromatic rings. The Morgan fingerprint density at radius 2 is 0.864 bits per heavy atom. The van der Waals surface area contributed by atoms with Gasteiger partial charge >= 0.3 is 0 Å². The minimum Gasteiger partial charge on any atom is -0.310 e. The molecule has 0 unspecified atom stereocenters. The largest absolute Gasteiger partial charge is 0.310 e. The van der Waals surface area contributed by atoms with Crippen molar-refractivity contribution in [3.8, 4) is 33.4 Å². The van der Waals surface area contributed by atoms with Gasteiger partial charge in [0, 0.05) is 51.7 Å². The Kier molecular flexibility index (Phi) is 7.97. The number of benzene rings is 10. The van der Waals surface area contributed by atoms with Crippen LogP contribution in [-0.4, -0.2) is 0 Å². The van der Waals surface area contributed by atoms with E-state index in [2.05, 4.69) is 217 Å². The fraction of sp³-hybridized carbons (Fsp3) is 0. The van der Waals surface area contributed by atoms with Gasteiger partial charge in [-0.1, -0.05) is 164 Å². The smallest absolute Gasteiger partial charge is 0.0555 e. The summed E-state index contributed by atoms with van der Waals surface area (Å²) in [6, 6.07) is 78.3. The lowest BCUT2D eigenvalue weighted by Crippen LogP contribution is -2.10. The third-order valence-corrected chi connectivity index (χ3v) is 14.2. The minimum absolute atomic E-state index is 1.13. The van der Waals surface area contributed by atoms with Crippen molar-refractivity contribution in [2.75, 3.05) is 4.90 Å². The van der Waals surface area contributed by atoms with Crippen molar-refractivity contribution < 1.29 is 0 Å². The maximum Gasteiger partial charge on any atom is 0.0555 e. The standard InChI is InChI=1S/C56H35NS2/c1-4-12-36(13-5-1)41-23-27-47-50-35-44(26-31-52(50)58-53(47)32-41)57(43-25-22-40-21-20-39-18-10-11-19-45(39)49(40)34-43)51-30-29-46(38-16-8-3-9-17-38)56-55(51)48-28-24-42(33-54(48)59-56)37-14-6-2-7-15-37/h1-35H. The van der Waals surface area contributed by atoms with Crippen LogP contribution in [0.15, 0.2) is 212 Å². The Balaban J connectivity index is 1.13. The lowest BCUT2D eigenvalue weighted by Gasteiger charge is -2.27. The van der Waals surface area contributed by atoms with Gasteiger partial charge < -0.3 is 4.90 Å². The number of thiophene rings is 2. The number of nitrogens with zero attached hydrogens (tertiary/aromatic N) is 1. The molecule has 0 N–H and O–H groups in total. The quantitative estimate of drug-likeness (QED) is 0.152. The lowest BCUT2D eigenvalue weighted by molar-refractivity contribution is 1.31. The number of hydrogen-bond acceptors (Lipinski definition) is 3. The van der Waals surface area contributed by atoms with Gasteiger partial charge in [-0.15, -0.1) is 22.7 Å². The van der Waals surface area contributed by atoms with Crippen molar-refractivity contribution in [3.05, 3.63) is 212 Å². The first kappa shape index (κ1) is 34.0. The SMILES string of the molecule is c1ccc(-c2ccc3c(c2)sc2ccc(N(c4ccc5ccc6ccccc6c5c4)c4ccc(-c5ccccc5)c5sc6cc(-c7ccccc7)ccc6c45)cc23)cc1. The van der Waals surface area contributed by atoms with Gasteiger partial charge in [0.2, 0.25) is 0 Å². The molecule has 0 fully saturated rings. The van der Waals surface area contributed by atoms with E-state index in [0.717, 1.165) is 11.4 Å². The molecule has 0 aliphatic heterocycles. The van der Waals surface area contributed by atoms with Gasteiger partial charge in [0.1, 0.15) is 0 Å².